The molecule has 0 fully saturated rings. The lowest BCUT2D eigenvalue weighted by Gasteiger charge is -2.08. The zero-order chi connectivity index (χ0) is 13.8. The van der Waals surface area contributed by atoms with Crippen molar-refractivity contribution in [1.82, 2.24) is 20.4 Å². The van der Waals surface area contributed by atoms with Crippen molar-refractivity contribution in [2.24, 2.45) is 7.05 Å². The number of carbonyl (C=O) groups is 1. The average molecular weight is 264 g/mol. The lowest BCUT2D eigenvalue weighted by atomic mass is 10.2. The van der Waals surface area contributed by atoms with Gasteiger partial charge >= 0.3 is 6.18 Å². The number of rotatable bonds is 5. The number of carbonyl (C=O) groups excluding carboxylic acids is 1. The fourth-order valence-electron chi connectivity index (χ4n) is 1.39. The molecule has 18 heavy (non-hydrogen) atoms. The van der Waals surface area contributed by atoms with Crippen molar-refractivity contribution in [1.29, 1.82) is 0 Å². The topological polar surface area (TPSA) is 59.0 Å². The molecule has 5 nitrogen and oxygen atoms in total. The first-order chi connectivity index (χ1) is 8.28. The third-order valence-electron chi connectivity index (χ3n) is 2.20. The first kappa shape index (κ1) is 14.5. The molecule has 1 amide bonds. The summed E-state index contributed by atoms with van der Waals surface area (Å²) in [5.41, 5.74) is 1.72. The van der Waals surface area contributed by atoms with Crippen LogP contribution in [0.25, 0.3) is 0 Å². The molecular weight excluding hydrogens is 249 g/mol. The van der Waals surface area contributed by atoms with Crippen LogP contribution in [0.15, 0.2) is 6.20 Å². The van der Waals surface area contributed by atoms with Crippen LogP contribution >= 0.6 is 0 Å². The lowest BCUT2D eigenvalue weighted by molar-refractivity contribution is -0.137. The minimum Gasteiger partial charge on any atom is -0.346 e. The van der Waals surface area contributed by atoms with Crippen molar-refractivity contribution < 1.29 is 18.0 Å². The lowest BCUT2D eigenvalue weighted by Crippen LogP contribution is -2.39. The second-order valence-electron chi connectivity index (χ2n) is 3.91. The Morgan fingerprint density at radius 1 is 1.50 bits per heavy atom. The van der Waals surface area contributed by atoms with Gasteiger partial charge in [-0.15, -0.1) is 0 Å². The first-order valence-electron chi connectivity index (χ1n) is 5.31. The molecule has 0 bridgehead atoms. The first-order valence-corrected chi connectivity index (χ1v) is 5.31. The van der Waals surface area contributed by atoms with Crippen LogP contribution in [0.5, 0.6) is 0 Å². The van der Waals surface area contributed by atoms with Gasteiger partial charge in [0.2, 0.25) is 5.91 Å². The van der Waals surface area contributed by atoms with Gasteiger partial charge in [0.05, 0.1) is 12.2 Å². The second kappa shape index (κ2) is 5.85. The van der Waals surface area contributed by atoms with E-state index in [-0.39, 0.29) is 6.54 Å². The molecule has 2 N–H and O–H groups in total. The zero-order valence-corrected chi connectivity index (χ0v) is 10.1. The van der Waals surface area contributed by atoms with E-state index in [0.717, 1.165) is 11.3 Å². The Morgan fingerprint density at radius 2 is 2.17 bits per heavy atom. The second-order valence-corrected chi connectivity index (χ2v) is 3.91. The number of alkyl halides is 3. The van der Waals surface area contributed by atoms with E-state index in [0.29, 0.717) is 6.54 Å². The molecule has 1 aromatic heterocycles. The normalized spacial score (nSPS) is 11.6. The largest absolute Gasteiger partial charge is 0.405 e. The summed E-state index contributed by atoms with van der Waals surface area (Å²) >= 11 is 0. The number of hydrogen-bond donors (Lipinski definition) is 2. The third-order valence-corrected chi connectivity index (χ3v) is 2.20. The van der Waals surface area contributed by atoms with Crippen LogP contribution in [-0.4, -0.2) is 35.0 Å². The van der Waals surface area contributed by atoms with Gasteiger partial charge in [-0.05, 0) is 6.92 Å². The Morgan fingerprint density at radius 3 is 2.67 bits per heavy atom. The minimum atomic E-state index is -4.38. The van der Waals surface area contributed by atoms with Crippen LogP contribution in [0.3, 0.4) is 0 Å². The molecule has 0 aliphatic heterocycles. The molecule has 0 saturated carbocycles. The highest BCUT2D eigenvalue weighted by Crippen LogP contribution is 2.11. The maximum absolute atomic E-state index is 11.8. The number of halogens is 3. The molecule has 0 aromatic carbocycles. The summed E-state index contributed by atoms with van der Waals surface area (Å²) in [6, 6.07) is 0. The highest BCUT2D eigenvalue weighted by atomic mass is 19.4. The molecule has 0 saturated heterocycles. The van der Waals surface area contributed by atoms with Gasteiger partial charge in [0.15, 0.2) is 0 Å². The Hall–Kier alpha value is -1.57. The van der Waals surface area contributed by atoms with Crippen LogP contribution in [0.2, 0.25) is 0 Å². The summed E-state index contributed by atoms with van der Waals surface area (Å²) in [6.45, 7) is 0.740. The monoisotopic (exact) mass is 264 g/mol. The predicted molar refractivity (Wildman–Crippen MR) is 58.7 cm³/mol. The molecule has 1 heterocycles. The number of aromatic nitrogens is 2. The molecule has 0 unspecified atom stereocenters. The summed E-state index contributed by atoms with van der Waals surface area (Å²) in [5, 5.41) is 8.65. The average Bonchev–Trinajstić information content (AvgIpc) is 2.54. The van der Waals surface area contributed by atoms with Gasteiger partial charge in [0.25, 0.3) is 0 Å². The summed E-state index contributed by atoms with van der Waals surface area (Å²) < 4.78 is 37.1. The minimum absolute atomic E-state index is 0.162. The van der Waals surface area contributed by atoms with Gasteiger partial charge in [0.1, 0.15) is 6.54 Å². The van der Waals surface area contributed by atoms with Gasteiger partial charge < -0.3 is 10.6 Å². The van der Waals surface area contributed by atoms with Crippen molar-refractivity contribution in [3.63, 3.8) is 0 Å². The van der Waals surface area contributed by atoms with E-state index in [1.807, 2.05) is 6.92 Å². The molecule has 0 aliphatic carbocycles. The Kier molecular flexibility index (Phi) is 4.71. The number of hydrogen-bond acceptors (Lipinski definition) is 3. The highest BCUT2D eigenvalue weighted by molar-refractivity contribution is 5.77. The van der Waals surface area contributed by atoms with Gasteiger partial charge in [-0.25, -0.2) is 0 Å². The van der Waals surface area contributed by atoms with Crippen molar-refractivity contribution in [3.05, 3.63) is 17.5 Å². The Balaban J connectivity index is 2.26. The quantitative estimate of drug-likeness (QED) is 0.814. The predicted octanol–water partition coefficient (Wildman–Crippen LogP) is 0.497. The third kappa shape index (κ3) is 5.17. The summed E-state index contributed by atoms with van der Waals surface area (Å²) in [6.07, 6.45) is -2.59. The summed E-state index contributed by atoms with van der Waals surface area (Å²) in [7, 11) is 1.77. The number of aryl methyl sites for hydroxylation is 2. The fraction of sp³-hybridized carbons (Fsp3) is 0.600. The summed E-state index contributed by atoms with van der Waals surface area (Å²) in [5.74, 6) is -0.686. The Bertz CT molecular complexity index is 414. The summed E-state index contributed by atoms with van der Waals surface area (Å²) in [4.78, 5) is 11.1. The van der Waals surface area contributed by atoms with Crippen molar-refractivity contribution in [2.75, 3.05) is 13.1 Å². The van der Waals surface area contributed by atoms with Crippen LogP contribution in [0.4, 0.5) is 13.2 Å². The molecule has 0 radical (unpaired) electrons. The molecule has 0 atom stereocenters. The number of nitrogens with zero attached hydrogens (tertiary/aromatic N) is 2. The van der Waals surface area contributed by atoms with E-state index in [9.17, 15) is 18.0 Å². The van der Waals surface area contributed by atoms with Crippen LogP contribution < -0.4 is 10.6 Å². The van der Waals surface area contributed by atoms with E-state index in [1.54, 1.807) is 23.2 Å². The van der Waals surface area contributed by atoms with Crippen molar-refractivity contribution in [2.45, 2.75) is 19.6 Å². The number of amides is 1. The van der Waals surface area contributed by atoms with Crippen LogP contribution in [0, 0.1) is 6.92 Å². The van der Waals surface area contributed by atoms with Gasteiger partial charge in [-0.3, -0.25) is 9.48 Å². The molecule has 1 rings (SSSR count). The molecule has 8 heteroatoms. The van der Waals surface area contributed by atoms with Crippen LogP contribution in [-0.2, 0) is 18.4 Å². The maximum atomic E-state index is 11.8. The molecule has 0 aliphatic rings. The zero-order valence-electron chi connectivity index (χ0n) is 10.1. The molecular formula is C10H15F3N4O. The molecule has 0 spiro atoms. The van der Waals surface area contributed by atoms with Gasteiger partial charge in [-0.2, -0.15) is 18.3 Å². The molecule has 102 valence electrons. The van der Waals surface area contributed by atoms with E-state index in [4.69, 9.17) is 0 Å². The van der Waals surface area contributed by atoms with Crippen LogP contribution in [0.1, 0.15) is 11.3 Å². The SMILES string of the molecule is Cc1nn(C)cc1CNCC(=O)NCC(F)(F)F. The Labute approximate surface area is 102 Å². The number of nitrogens with one attached hydrogen (secondary N) is 2. The maximum Gasteiger partial charge on any atom is 0.405 e. The van der Waals surface area contributed by atoms with E-state index in [2.05, 4.69) is 10.4 Å². The van der Waals surface area contributed by atoms with Gasteiger partial charge in [0, 0.05) is 25.4 Å². The fourth-order valence-corrected chi connectivity index (χ4v) is 1.39. The van der Waals surface area contributed by atoms with Crippen molar-refractivity contribution in [3.8, 4) is 0 Å². The van der Waals surface area contributed by atoms with E-state index >= 15 is 0 Å². The highest BCUT2D eigenvalue weighted by Gasteiger charge is 2.27. The van der Waals surface area contributed by atoms with Crippen molar-refractivity contribution >= 4 is 5.91 Å². The van der Waals surface area contributed by atoms with Gasteiger partial charge in [-0.1, -0.05) is 0 Å². The van der Waals surface area contributed by atoms with E-state index in [1.165, 1.54) is 0 Å². The smallest absolute Gasteiger partial charge is 0.346 e. The standard InChI is InChI=1S/C10H15F3N4O/c1-7-8(5-17(2)16-7)3-14-4-9(18)15-6-10(11,12)13/h5,14H,3-4,6H2,1-2H3,(H,15,18). The van der Waals surface area contributed by atoms with E-state index < -0.39 is 18.6 Å². The molecule has 1 aromatic rings.